The predicted molar refractivity (Wildman–Crippen MR) is 60.7 cm³/mol. The standard InChI is InChI=1S/C9H22N2O3S/c1-7(2)6-10-15(13,14)11-8(3)5-9(4)12/h7-12H,5-6H2,1-4H3. The highest BCUT2D eigenvalue weighted by atomic mass is 32.2. The van der Waals surface area contributed by atoms with E-state index >= 15 is 0 Å². The van der Waals surface area contributed by atoms with Crippen molar-refractivity contribution in [2.24, 2.45) is 5.92 Å². The Labute approximate surface area is 92.4 Å². The lowest BCUT2D eigenvalue weighted by atomic mass is 10.2. The van der Waals surface area contributed by atoms with Crippen LogP contribution in [0, 0.1) is 5.92 Å². The van der Waals surface area contributed by atoms with E-state index in [-0.39, 0.29) is 12.0 Å². The summed E-state index contributed by atoms with van der Waals surface area (Å²) < 4.78 is 27.7. The lowest BCUT2D eigenvalue weighted by Gasteiger charge is -2.16. The third-order valence-electron chi connectivity index (χ3n) is 1.73. The number of nitrogens with one attached hydrogen (secondary N) is 2. The Balaban J connectivity index is 4.02. The second kappa shape index (κ2) is 6.42. The van der Waals surface area contributed by atoms with Crippen LogP contribution in [0.4, 0.5) is 0 Å². The first-order valence-corrected chi connectivity index (χ1v) is 6.66. The van der Waals surface area contributed by atoms with E-state index in [0.717, 1.165) is 0 Å². The van der Waals surface area contributed by atoms with Crippen molar-refractivity contribution in [2.75, 3.05) is 6.54 Å². The number of hydrogen-bond acceptors (Lipinski definition) is 3. The Morgan fingerprint density at radius 3 is 2.13 bits per heavy atom. The van der Waals surface area contributed by atoms with Gasteiger partial charge in [-0.25, -0.2) is 4.72 Å². The molecule has 0 saturated heterocycles. The maximum absolute atomic E-state index is 11.4. The summed E-state index contributed by atoms with van der Waals surface area (Å²) in [6.45, 7) is 7.63. The zero-order valence-electron chi connectivity index (χ0n) is 9.82. The van der Waals surface area contributed by atoms with Crippen LogP contribution in [0.15, 0.2) is 0 Å². The van der Waals surface area contributed by atoms with Gasteiger partial charge < -0.3 is 5.11 Å². The fraction of sp³-hybridized carbons (Fsp3) is 1.00. The molecule has 0 aliphatic heterocycles. The molecule has 15 heavy (non-hydrogen) atoms. The first-order valence-electron chi connectivity index (χ1n) is 5.18. The normalized spacial score (nSPS) is 16.7. The summed E-state index contributed by atoms with van der Waals surface area (Å²) in [5.74, 6) is 0.272. The fourth-order valence-corrected chi connectivity index (χ4v) is 2.40. The molecular weight excluding hydrogens is 216 g/mol. The van der Waals surface area contributed by atoms with Crippen molar-refractivity contribution in [3.63, 3.8) is 0 Å². The molecule has 0 aliphatic rings. The SMILES string of the molecule is CC(C)CNS(=O)(=O)NC(C)CC(C)O. The predicted octanol–water partition coefficient (Wildman–Crippen LogP) is 0.226. The van der Waals surface area contributed by atoms with Gasteiger partial charge in [-0.3, -0.25) is 0 Å². The van der Waals surface area contributed by atoms with Crippen molar-refractivity contribution in [3.8, 4) is 0 Å². The van der Waals surface area contributed by atoms with Crippen LogP contribution >= 0.6 is 0 Å². The summed E-state index contributed by atoms with van der Waals surface area (Å²) in [5, 5.41) is 9.08. The molecule has 0 spiro atoms. The Morgan fingerprint density at radius 1 is 1.20 bits per heavy atom. The highest BCUT2D eigenvalue weighted by Crippen LogP contribution is 1.98. The van der Waals surface area contributed by atoms with Gasteiger partial charge in [0.1, 0.15) is 0 Å². The summed E-state index contributed by atoms with van der Waals surface area (Å²) in [4.78, 5) is 0. The van der Waals surface area contributed by atoms with Crippen molar-refractivity contribution < 1.29 is 13.5 Å². The lowest BCUT2D eigenvalue weighted by molar-refractivity contribution is 0.174. The van der Waals surface area contributed by atoms with Gasteiger partial charge in [0, 0.05) is 12.6 Å². The summed E-state index contributed by atoms with van der Waals surface area (Å²) in [5.41, 5.74) is 0. The second-order valence-electron chi connectivity index (χ2n) is 4.35. The van der Waals surface area contributed by atoms with Crippen molar-refractivity contribution in [1.82, 2.24) is 9.44 Å². The highest BCUT2D eigenvalue weighted by Gasteiger charge is 2.15. The van der Waals surface area contributed by atoms with E-state index in [0.29, 0.717) is 13.0 Å². The molecule has 92 valence electrons. The van der Waals surface area contributed by atoms with E-state index < -0.39 is 16.3 Å². The smallest absolute Gasteiger partial charge is 0.277 e. The maximum Gasteiger partial charge on any atom is 0.277 e. The van der Waals surface area contributed by atoms with Crippen LogP contribution in [0.25, 0.3) is 0 Å². The number of rotatable bonds is 7. The average molecular weight is 238 g/mol. The first-order chi connectivity index (χ1) is 6.73. The Bertz CT molecular complexity index is 263. The Morgan fingerprint density at radius 2 is 1.73 bits per heavy atom. The van der Waals surface area contributed by atoms with Crippen LogP contribution in [0.5, 0.6) is 0 Å². The van der Waals surface area contributed by atoms with Crippen molar-refractivity contribution in [1.29, 1.82) is 0 Å². The van der Waals surface area contributed by atoms with E-state index in [4.69, 9.17) is 5.11 Å². The molecule has 0 rings (SSSR count). The van der Waals surface area contributed by atoms with Gasteiger partial charge in [-0.1, -0.05) is 13.8 Å². The molecule has 0 aromatic rings. The summed E-state index contributed by atoms with van der Waals surface area (Å²) >= 11 is 0. The van der Waals surface area contributed by atoms with E-state index in [1.54, 1.807) is 13.8 Å². The topological polar surface area (TPSA) is 78.4 Å². The zero-order chi connectivity index (χ0) is 12.1. The second-order valence-corrected chi connectivity index (χ2v) is 5.88. The molecule has 0 saturated carbocycles. The van der Waals surface area contributed by atoms with Gasteiger partial charge in [0.2, 0.25) is 0 Å². The van der Waals surface area contributed by atoms with Gasteiger partial charge in [-0.05, 0) is 26.2 Å². The quantitative estimate of drug-likeness (QED) is 0.594. The number of aliphatic hydroxyl groups excluding tert-OH is 1. The molecule has 3 N–H and O–H groups in total. The minimum absolute atomic E-state index is 0.269. The third-order valence-corrected chi connectivity index (χ3v) is 2.99. The van der Waals surface area contributed by atoms with Gasteiger partial charge in [-0.2, -0.15) is 13.1 Å². The van der Waals surface area contributed by atoms with Gasteiger partial charge in [0.05, 0.1) is 6.10 Å². The molecule has 2 unspecified atom stereocenters. The molecule has 6 heteroatoms. The Kier molecular flexibility index (Phi) is 6.35. The van der Waals surface area contributed by atoms with Crippen LogP contribution in [0.2, 0.25) is 0 Å². The monoisotopic (exact) mass is 238 g/mol. The molecule has 0 aromatic carbocycles. The van der Waals surface area contributed by atoms with E-state index in [1.807, 2.05) is 13.8 Å². The van der Waals surface area contributed by atoms with E-state index in [2.05, 4.69) is 9.44 Å². The lowest BCUT2D eigenvalue weighted by Crippen LogP contribution is -2.43. The van der Waals surface area contributed by atoms with Crippen LogP contribution < -0.4 is 9.44 Å². The van der Waals surface area contributed by atoms with Gasteiger partial charge in [0.15, 0.2) is 0 Å². The molecule has 0 fully saturated rings. The van der Waals surface area contributed by atoms with Crippen LogP contribution in [0.1, 0.15) is 34.1 Å². The molecule has 0 amide bonds. The molecule has 5 nitrogen and oxygen atoms in total. The minimum Gasteiger partial charge on any atom is -0.393 e. The average Bonchev–Trinajstić information content (AvgIpc) is 1.98. The van der Waals surface area contributed by atoms with Gasteiger partial charge in [-0.15, -0.1) is 0 Å². The zero-order valence-corrected chi connectivity index (χ0v) is 10.6. The van der Waals surface area contributed by atoms with Crippen molar-refractivity contribution >= 4 is 10.2 Å². The van der Waals surface area contributed by atoms with Crippen LogP contribution in [0.3, 0.4) is 0 Å². The summed E-state index contributed by atoms with van der Waals surface area (Å²) in [6.07, 6.45) is -0.101. The van der Waals surface area contributed by atoms with Gasteiger partial charge in [0.25, 0.3) is 10.2 Å². The van der Waals surface area contributed by atoms with Crippen molar-refractivity contribution in [2.45, 2.75) is 46.3 Å². The highest BCUT2D eigenvalue weighted by molar-refractivity contribution is 7.87. The number of aliphatic hydroxyl groups is 1. The Hall–Kier alpha value is -0.170. The van der Waals surface area contributed by atoms with Crippen LogP contribution in [-0.4, -0.2) is 32.2 Å². The molecular formula is C9H22N2O3S. The fourth-order valence-electron chi connectivity index (χ4n) is 1.14. The minimum atomic E-state index is -3.43. The molecule has 0 bridgehead atoms. The van der Waals surface area contributed by atoms with Crippen molar-refractivity contribution in [3.05, 3.63) is 0 Å². The number of hydrogen-bond donors (Lipinski definition) is 3. The molecule has 0 aliphatic carbocycles. The molecule has 2 atom stereocenters. The molecule has 0 aromatic heterocycles. The largest absolute Gasteiger partial charge is 0.393 e. The van der Waals surface area contributed by atoms with E-state index in [9.17, 15) is 8.42 Å². The van der Waals surface area contributed by atoms with Crippen LogP contribution in [-0.2, 0) is 10.2 Å². The first kappa shape index (κ1) is 14.8. The molecule has 0 heterocycles. The molecule has 0 radical (unpaired) electrons. The van der Waals surface area contributed by atoms with Gasteiger partial charge >= 0.3 is 0 Å². The summed E-state index contributed by atoms with van der Waals surface area (Å²) in [6, 6.07) is -0.269. The van der Waals surface area contributed by atoms with E-state index in [1.165, 1.54) is 0 Å². The summed E-state index contributed by atoms with van der Waals surface area (Å²) in [7, 11) is -3.43. The third kappa shape index (κ3) is 8.80. The maximum atomic E-state index is 11.4.